The predicted molar refractivity (Wildman–Crippen MR) is 136 cm³/mol. The lowest BCUT2D eigenvalue weighted by Gasteiger charge is -2.17. The molecule has 0 aliphatic carbocycles. The molecule has 2 atom stereocenters. The summed E-state index contributed by atoms with van der Waals surface area (Å²) in [4.78, 5) is 26.9. The minimum Gasteiger partial charge on any atom is -0.497 e. The number of aromatic nitrogens is 1. The van der Waals surface area contributed by atoms with Crippen molar-refractivity contribution in [3.05, 3.63) is 30.5 Å². The average Bonchev–Trinajstić information content (AvgIpc) is 2.76. The number of amides is 2. The van der Waals surface area contributed by atoms with Crippen molar-refractivity contribution in [2.24, 2.45) is 5.73 Å². The molecule has 0 fully saturated rings. The lowest BCUT2D eigenvalue weighted by Crippen LogP contribution is -2.37. The van der Waals surface area contributed by atoms with Crippen molar-refractivity contribution in [2.75, 3.05) is 25.5 Å². The number of anilines is 1. The Morgan fingerprint density at radius 2 is 1.82 bits per heavy atom. The number of ether oxygens (including phenoxy) is 1. The van der Waals surface area contributed by atoms with Crippen LogP contribution in [0.1, 0.15) is 39.0 Å². The highest BCUT2D eigenvalue weighted by Gasteiger charge is 2.11. The summed E-state index contributed by atoms with van der Waals surface area (Å²) in [5.74, 6) is -0.219. The Bertz CT molecular complexity index is 872. The van der Waals surface area contributed by atoms with Crippen LogP contribution in [-0.2, 0) is 4.79 Å². The molecule has 11 heteroatoms. The zero-order valence-corrected chi connectivity index (χ0v) is 20.6. The molecule has 1 aromatic heterocycles. The smallest absolute Gasteiger partial charge is 0.320 e. The standard InChI is InChI=1S/C22H33N5O4.2ClH/c1-15(27-19-14-17(31-2)13-16-8-6-11-24-20(16)19)7-5-12-26-22(30)25-10-4-3-9-18(23)21(28)29;;/h6,8,11,13-15,18,27H,3-5,7,9-10,12,23H2,1-2H3,(H,28,29)(H2,25,26,30);2*1H/t15?,18-;;/m1../s1. The Morgan fingerprint density at radius 3 is 2.48 bits per heavy atom. The van der Waals surface area contributed by atoms with E-state index in [0.29, 0.717) is 32.4 Å². The minimum atomic E-state index is -0.995. The lowest BCUT2D eigenvalue weighted by atomic mass is 10.1. The molecule has 0 saturated heterocycles. The maximum absolute atomic E-state index is 11.8. The maximum Gasteiger partial charge on any atom is 0.320 e. The van der Waals surface area contributed by atoms with E-state index in [9.17, 15) is 9.59 Å². The molecule has 0 aliphatic heterocycles. The van der Waals surface area contributed by atoms with Gasteiger partial charge >= 0.3 is 12.0 Å². The first kappa shape index (κ1) is 30.5. The Morgan fingerprint density at radius 1 is 1.12 bits per heavy atom. The highest BCUT2D eigenvalue weighted by Crippen LogP contribution is 2.28. The van der Waals surface area contributed by atoms with Crippen LogP contribution in [0, 0.1) is 0 Å². The largest absolute Gasteiger partial charge is 0.497 e. The number of nitrogens with zero attached hydrogens (tertiary/aromatic N) is 1. The first-order valence-electron chi connectivity index (χ1n) is 10.6. The number of rotatable bonds is 13. The molecule has 6 N–H and O–H groups in total. The summed E-state index contributed by atoms with van der Waals surface area (Å²) in [6, 6.07) is 6.95. The topological polar surface area (TPSA) is 139 Å². The number of pyridine rings is 1. The lowest BCUT2D eigenvalue weighted by molar-refractivity contribution is -0.138. The van der Waals surface area contributed by atoms with Gasteiger partial charge in [-0.25, -0.2) is 4.79 Å². The number of carboxylic acid groups (broad SMARTS) is 1. The molecular formula is C22H35Cl2N5O4. The van der Waals surface area contributed by atoms with Gasteiger partial charge in [-0.3, -0.25) is 9.78 Å². The van der Waals surface area contributed by atoms with E-state index in [1.165, 1.54) is 0 Å². The normalized spacial score (nSPS) is 12.0. The summed E-state index contributed by atoms with van der Waals surface area (Å²) in [5.41, 5.74) is 7.27. The van der Waals surface area contributed by atoms with Gasteiger partial charge in [0.05, 0.1) is 18.3 Å². The fourth-order valence-electron chi connectivity index (χ4n) is 3.22. The first-order chi connectivity index (χ1) is 14.9. The van der Waals surface area contributed by atoms with Crippen molar-refractivity contribution >= 4 is 53.4 Å². The third-order valence-electron chi connectivity index (χ3n) is 4.96. The second-order valence-corrected chi connectivity index (χ2v) is 7.56. The average molecular weight is 504 g/mol. The number of nitrogens with one attached hydrogen (secondary N) is 3. The van der Waals surface area contributed by atoms with Gasteiger partial charge in [-0.05, 0) is 51.2 Å². The van der Waals surface area contributed by atoms with Crippen molar-refractivity contribution in [1.82, 2.24) is 15.6 Å². The van der Waals surface area contributed by atoms with E-state index in [2.05, 4.69) is 27.9 Å². The Labute approximate surface area is 207 Å². The molecule has 1 heterocycles. The van der Waals surface area contributed by atoms with E-state index in [1.807, 2.05) is 24.3 Å². The number of hydrogen-bond donors (Lipinski definition) is 5. The number of urea groups is 1. The van der Waals surface area contributed by atoms with Gasteiger partial charge < -0.3 is 31.5 Å². The molecule has 33 heavy (non-hydrogen) atoms. The number of benzene rings is 1. The van der Waals surface area contributed by atoms with Crippen molar-refractivity contribution in [1.29, 1.82) is 0 Å². The summed E-state index contributed by atoms with van der Waals surface area (Å²) < 4.78 is 5.38. The van der Waals surface area contributed by atoms with Gasteiger partial charge in [0.15, 0.2) is 0 Å². The molecule has 0 spiro atoms. The highest BCUT2D eigenvalue weighted by atomic mass is 35.5. The number of hydrogen-bond acceptors (Lipinski definition) is 6. The summed E-state index contributed by atoms with van der Waals surface area (Å²) in [6.07, 6.45) is 5.22. The summed E-state index contributed by atoms with van der Waals surface area (Å²) in [5, 5.41) is 18.8. The van der Waals surface area contributed by atoms with Crippen LogP contribution in [0.4, 0.5) is 10.5 Å². The summed E-state index contributed by atoms with van der Waals surface area (Å²) >= 11 is 0. The number of fused-ring (bicyclic) bond motifs is 1. The molecule has 0 aliphatic rings. The molecule has 0 radical (unpaired) electrons. The van der Waals surface area contributed by atoms with Crippen molar-refractivity contribution < 1.29 is 19.4 Å². The van der Waals surface area contributed by atoms with Gasteiger partial charge in [0, 0.05) is 36.8 Å². The van der Waals surface area contributed by atoms with Crippen LogP contribution in [0.5, 0.6) is 5.75 Å². The quantitative estimate of drug-likeness (QED) is 0.263. The van der Waals surface area contributed by atoms with Gasteiger partial charge in [0.25, 0.3) is 0 Å². The van der Waals surface area contributed by atoms with Crippen LogP contribution in [-0.4, -0.2) is 54.4 Å². The Balaban J connectivity index is 0.00000512. The number of nitrogens with two attached hydrogens (primary N) is 1. The SMILES string of the molecule is COc1cc(NC(C)CCCNC(=O)NCCCC[C@@H](N)C(=O)O)c2ncccc2c1.Cl.Cl. The zero-order valence-electron chi connectivity index (χ0n) is 19.0. The second-order valence-electron chi connectivity index (χ2n) is 7.56. The van der Waals surface area contributed by atoms with E-state index in [0.717, 1.165) is 35.2 Å². The Hall–Kier alpha value is -2.49. The van der Waals surface area contributed by atoms with Crippen LogP contribution in [0.25, 0.3) is 10.9 Å². The third kappa shape index (κ3) is 10.8. The molecule has 1 aromatic carbocycles. The zero-order chi connectivity index (χ0) is 22.6. The summed E-state index contributed by atoms with van der Waals surface area (Å²) in [7, 11) is 1.65. The first-order valence-corrected chi connectivity index (χ1v) is 10.6. The second kappa shape index (κ2) is 16.2. The van der Waals surface area contributed by atoms with Crippen molar-refractivity contribution in [3.63, 3.8) is 0 Å². The monoisotopic (exact) mass is 503 g/mol. The van der Waals surface area contributed by atoms with Crippen LogP contribution in [0.3, 0.4) is 0 Å². The molecule has 2 amide bonds. The molecular weight excluding hydrogens is 469 g/mol. The molecule has 1 unspecified atom stereocenters. The molecule has 0 bridgehead atoms. The predicted octanol–water partition coefficient (Wildman–Crippen LogP) is 3.55. The molecule has 0 saturated carbocycles. The maximum atomic E-state index is 11.8. The molecule has 9 nitrogen and oxygen atoms in total. The van der Waals surface area contributed by atoms with E-state index >= 15 is 0 Å². The van der Waals surface area contributed by atoms with Gasteiger partial charge in [-0.15, -0.1) is 24.8 Å². The fourth-order valence-corrected chi connectivity index (χ4v) is 3.22. The van der Waals surface area contributed by atoms with Gasteiger partial charge in [0.1, 0.15) is 11.8 Å². The number of carbonyl (C=O) groups is 2. The number of aliphatic carboxylic acids is 1. The summed E-state index contributed by atoms with van der Waals surface area (Å²) in [6.45, 7) is 3.15. The van der Waals surface area contributed by atoms with Crippen LogP contribution in [0.15, 0.2) is 30.5 Å². The Kier molecular flexibility index (Phi) is 15.0. The van der Waals surface area contributed by atoms with E-state index in [-0.39, 0.29) is 36.9 Å². The van der Waals surface area contributed by atoms with Crippen LogP contribution >= 0.6 is 24.8 Å². The van der Waals surface area contributed by atoms with Gasteiger partial charge in [-0.1, -0.05) is 6.07 Å². The van der Waals surface area contributed by atoms with Crippen LogP contribution in [0.2, 0.25) is 0 Å². The number of unbranched alkanes of at least 4 members (excludes halogenated alkanes) is 1. The van der Waals surface area contributed by atoms with Gasteiger partial charge in [-0.2, -0.15) is 0 Å². The third-order valence-corrected chi connectivity index (χ3v) is 4.96. The molecule has 186 valence electrons. The number of carbonyl (C=O) groups excluding carboxylic acids is 1. The van der Waals surface area contributed by atoms with Gasteiger partial charge in [0.2, 0.25) is 0 Å². The minimum absolute atomic E-state index is 0. The number of halogens is 2. The number of carboxylic acids is 1. The fraction of sp³-hybridized carbons (Fsp3) is 0.500. The highest BCUT2D eigenvalue weighted by molar-refractivity contribution is 5.92. The van der Waals surface area contributed by atoms with E-state index in [1.54, 1.807) is 13.3 Å². The van der Waals surface area contributed by atoms with Crippen molar-refractivity contribution in [2.45, 2.75) is 51.1 Å². The van der Waals surface area contributed by atoms with E-state index < -0.39 is 12.0 Å². The van der Waals surface area contributed by atoms with E-state index in [4.69, 9.17) is 15.6 Å². The molecule has 2 rings (SSSR count). The van der Waals surface area contributed by atoms with Crippen molar-refractivity contribution in [3.8, 4) is 5.75 Å². The molecule has 2 aromatic rings. The van der Waals surface area contributed by atoms with Crippen LogP contribution < -0.4 is 26.4 Å². The number of methoxy groups -OCH3 is 1.